The Labute approximate surface area is 94.3 Å². The van der Waals surface area contributed by atoms with Crippen LogP contribution in [-0.2, 0) is 6.54 Å². The molecule has 1 rings (SSSR count). The first kappa shape index (κ1) is 11.7. The van der Waals surface area contributed by atoms with Gasteiger partial charge in [-0.3, -0.25) is 0 Å². The van der Waals surface area contributed by atoms with Crippen molar-refractivity contribution in [2.75, 3.05) is 6.54 Å². The summed E-state index contributed by atoms with van der Waals surface area (Å²) in [6.45, 7) is 8.48. The lowest BCUT2D eigenvalue weighted by Gasteiger charge is -2.18. The molecule has 3 heteroatoms. The Morgan fingerprint density at radius 1 is 1.36 bits per heavy atom. The van der Waals surface area contributed by atoms with E-state index in [2.05, 4.69) is 47.0 Å². The van der Waals surface area contributed by atoms with Crippen molar-refractivity contribution in [2.24, 2.45) is 5.41 Å². The first-order valence-electron chi connectivity index (χ1n) is 4.79. The molecular formula is C11H17BrN2. The molecule has 0 aromatic carbocycles. The third-order valence-corrected chi connectivity index (χ3v) is 2.18. The zero-order valence-electron chi connectivity index (χ0n) is 8.97. The Morgan fingerprint density at radius 3 is 2.64 bits per heavy atom. The molecule has 0 spiro atoms. The van der Waals surface area contributed by atoms with E-state index in [9.17, 15) is 0 Å². The van der Waals surface area contributed by atoms with Crippen LogP contribution in [-0.4, -0.2) is 11.5 Å². The smallest absolute Gasteiger partial charge is 0.106 e. The fourth-order valence-corrected chi connectivity index (χ4v) is 1.49. The average molecular weight is 257 g/mol. The molecule has 0 bridgehead atoms. The Kier molecular flexibility index (Phi) is 4.08. The second-order valence-electron chi connectivity index (χ2n) is 4.62. The van der Waals surface area contributed by atoms with Crippen LogP contribution in [0.4, 0.5) is 0 Å². The second kappa shape index (κ2) is 4.89. The van der Waals surface area contributed by atoms with Crippen LogP contribution in [0.2, 0.25) is 0 Å². The van der Waals surface area contributed by atoms with E-state index in [0.29, 0.717) is 5.41 Å². The molecule has 0 saturated heterocycles. The van der Waals surface area contributed by atoms with E-state index in [1.807, 2.05) is 18.2 Å². The van der Waals surface area contributed by atoms with E-state index in [1.165, 1.54) is 0 Å². The first-order chi connectivity index (χ1) is 6.47. The molecule has 14 heavy (non-hydrogen) atoms. The molecule has 0 atom stereocenters. The molecule has 0 fully saturated rings. The van der Waals surface area contributed by atoms with Gasteiger partial charge in [0.2, 0.25) is 0 Å². The number of pyridine rings is 1. The Morgan fingerprint density at radius 2 is 2.07 bits per heavy atom. The van der Waals surface area contributed by atoms with E-state index in [0.717, 1.165) is 23.4 Å². The van der Waals surface area contributed by atoms with Crippen LogP contribution in [0, 0.1) is 5.41 Å². The van der Waals surface area contributed by atoms with Crippen molar-refractivity contribution >= 4 is 15.9 Å². The highest BCUT2D eigenvalue weighted by Gasteiger charge is 2.08. The summed E-state index contributed by atoms with van der Waals surface area (Å²) < 4.78 is 0.896. The number of nitrogens with one attached hydrogen (secondary N) is 1. The van der Waals surface area contributed by atoms with Gasteiger partial charge in [0.05, 0.1) is 5.69 Å². The van der Waals surface area contributed by atoms with Crippen molar-refractivity contribution in [3.8, 4) is 0 Å². The van der Waals surface area contributed by atoms with Gasteiger partial charge in [-0.2, -0.15) is 0 Å². The molecule has 1 N–H and O–H groups in total. The number of halogens is 1. The minimum Gasteiger partial charge on any atom is -0.311 e. The highest BCUT2D eigenvalue weighted by atomic mass is 79.9. The Hall–Kier alpha value is -0.410. The summed E-state index contributed by atoms with van der Waals surface area (Å²) >= 11 is 3.35. The van der Waals surface area contributed by atoms with Gasteiger partial charge in [0.1, 0.15) is 4.60 Å². The van der Waals surface area contributed by atoms with Crippen LogP contribution >= 0.6 is 15.9 Å². The van der Waals surface area contributed by atoms with Gasteiger partial charge < -0.3 is 5.32 Å². The number of aromatic nitrogens is 1. The fraction of sp³-hybridized carbons (Fsp3) is 0.545. The highest BCUT2D eigenvalue weighted by Crippen LogP contribution is 2.11. The summed E-state index contributed by atoms with van der Waals surface area (Å²) in [7, 11) is 0. The van der Waals surface area contributed by atoms with Crippen LogP contribution in [0.3, 0.4) is 0 Å². The van der Waals surface area contributed by atoms with Crippen molar-refractivity contribution in [1.29, 1.82) is 0 Å². The topological polar surface area (TPSA) is 24.9 Å². The summed E-state index contributed by atoms with van der Waals surface area (Å²) in [6, 6.07) is 5.97. The normalized spacial score (nSPS) is 11.7. The van der Waals surface area contributed by atoms with E-state index >= 15 is 0 Å². The quantitative estimate of drug-likeness (QED) is 0.842. The van der Waals surface area contributed by atoms with Gasteiger partial charge in [-0.15, -0.1) is 0 Å². The number of nitrogens with zero attached hydrogens (tertiary/aromatic N) is 1. The van der Waals surface area contributed by atoms with Gasteiger partial charge in [0, 0.05) is 13.1 Å². The lowest BCUT2D eigenvalue weighted by Crippen LogP contribution is -2.26. The summed E-state index contributed by atoms with van der Waals surface area (Å²) in [5, 5.41) is 3.39. The van der Waals surface area contributed by atoms with Gasteiger partial charge >= 0.3 is 0 Å². The second-order valence-corrected chi connectivity index (χ2v) is 5.43. The molecule has 0 aliphatic carbocycles. The molecule has 1 heterocycles. The van der Waals surface area contributed by atoms with Crippen molar-refractivity contribution in [3.05, 3.63) is 28.5 Å². The maximum Gasteiger partial charge on any atom is 0.106 e. The maximum atomic E-state index is 4.35. The van der Waals surface area contributed by atoms with Crippen molar-refractivity contribution in [2.45, 2.75) is 27.3 Å². The summed E-state index contributed by atoms with van der Waals surface area (Å²) in [5.74, 6) is 0. The molecule has 2 nitrogen and oxygen atoms in total. The standard InChI is InChI=1S/C11H17BrN2/c1-11(2,3)8-13-7-9-5-4-6-10(12)14-9/h4-6,13H,7-8H2,1-3H3. The van der Waals surface area contributed by atoms with E-state index in [4.69, 9.17) is 0 Å². The van der Waals surface area contributed by atoms with E-state index < -0.39 is 0 Å². The summed E-state index contributed by atoms with van der Waals surface area (Å²) in [6.07, 6.45) is 0. The predicted octanol–water partition coefficient (Wildman–Crippen LogP) is 2.98. The zero-order chi connectivity index (χ0) is 10.6. The molecule has 0 aliphatic heterocycles. The van der Waals surface area contributed by atoms with Crippen LogP contribution in [0.1, 0.15) is 26.5 Å². The van der Waals surface area contributed by atoms with Crippen molar-refractivity contribution in [3.63, 3.8) is 0 Å². The minimum absolute atomic E-state index is 0.325. The predicted molar refractivity (Wildman–Crippen MR) is 63.1 cm³/mol. The zero-order valence-corrected chi connectivity index (χ0v) is 10.6. The molecule has 0 unspecified atom stereocenters. The largest absolute Gasteiger partial charge is 0.311 e. The Balaban J connectivity index is 2.39. The van der Waals surface area contributed by atoms with E-state index in [1.54, 1.807) is 0 Å². The van der Waals surface area contributed by atoms with E-state index in [-0.39, 0.29) is 0 Å². The molecule has 1 aromatic heterocycles. The van der Waals surface area contributed by atoms with Gasteiger partial charge in [-0.25, -0.2) is 4.98 Å². The van der Waals surface area contributed by atoms with Crippen LogP contribution in [0.15, 0.2) is 22.8 Å². The third kappa shape index (κ3) is 4.72. The number of rotatable bonds is 3. The third-order valence-electron chi connectivity index (χ3n) is 1.73. The lowest BCUT2D eigenvalue weighted by atomic mass is 9.97. The summed E-state index contributed by atoms with van der Waals surface area (Å²) in [5.41, 5.74) is 1.40. The SMILES string of the molecule is CC(C)(C)CNCc1cccc(Br)n1. The van der Waals surface area contributed by atoms with Crippen LogP contribution in [0.5, 0.6) is 0 Å². The monoisotopic (exact) mass is 256 g/mol. The first-order valence-corrected chi connectivity index (χ1v) is 5.59. The number of hydrogen-bond donors (Lipinski definition) is 1. The van der Waals surface area contributed by atoms with Crippen molar-refractivity contribution < 1.29 is 0 Å². The maximum absolute atomic E-state index is 4.35. The molecule has 0 saturated carbocycles. The molecule has 78 valence electrons. The molecule has 0 aliphatic rings. The molecular weight excluding hydrogens is 240 g/mol. The van der Waals surface area contributed by atoms with Gasteiger partial charge in [-0.1, -0.05) is 26.8 Å². The molecule has 0 radical (unpaired) electrons. The van der Waals surface area contributed by atoms with Crippen molar-refractivity contribution in [1.82, 2.24) is 10.3 Å². The molecule has 0 amide bonds. The highest BCUT2D eigenvalue weighted by molar-refractivity contribution is 9.10. The van der Waals surface area contributed by atoms with Gasteiger partial charge in [0.15, 0.2) is 0 Å². The average Bonchev–Trinajstić information content (AvgIpc) is 2.01. The van der Waals surface area contributed by atoms with Gasteiger partial charge in [0.25, 0.3) is 0 Å². The lowest BCUT2D eigenvalue weighted by molar-refractivity contribution is 0.378. The molecule has 1 aromatic rings. The summed E-state index contributed by atoms with van der Waals surface area (Å²) in [4.78, 5) is 4.35. The minimum atomic E-state index is 0.325. The number of hydrogen-bond acceptors (Lipinski definition) is 2. The van der Waals surface area contributed by atoms with Gasteiger partial charge in [-0.05, 0) is 33.5 Å². The van der Waals surface area contributed by atoms with Crippen LogP contribution in [0.25, 0.3) is 0 Å². The van der Waals surface area contributed by atoms with Crippen LogP contribution < -0.4 is 5.32 Å². The fourth-order valence-electron chi connectivity index (χ4n) is 1.11. The Bertz CT molecular complexity index is 292.